The Morgan fingerprint density at radius 2 is 2.11 bits per heavy atom. The number of hydrogen-bond acceptors (Lipinski definition) is 2. The number of rotatable bonds is 1. The second-order valence-electron chi connectivity index (χ2n) is 4.41. The van der Waals surface area contributed by atoms with E-state index in [1.54, 1.807) is 0 Å². The number of carbonyl (C=O) groups excluding carboxylic acids is 2. The van der Waals surface area contributed by atoms with Crippen LogP contribution >= 0.6 is 15.9 Å². The smallest absolute Gasteiger partial charge is 0.234 e. The Morgan fingerprint density at radius 1 is 1.28 bits per heavy atom. The van der Waals surface area contributed by atoms with Crippen molar-refractivity contribution in [2.24, 2.45) is 0 Å². The highest BCUT2D eigenvalue weighted by atomic mass is 79.9. The molecule has 1 aromatic carbocycles. The van der Waals surface area contributed by atoms with Crippen molar-refractivity contribution in [3.63, 3.8) is 0 Å². The maximum Gasteiger partial charge on any atom is 0.234 e. The molecule has 2 N–H and O–H groups in total. The molecule has 3 rings (SSSR count). The number of para-hydroxylation sites is 1. The standard InChI is InChI=1S/C13H11BrN2O2/c14-10-3-1-2-7-9(6-15-12(7)10)8-4-5-11(17)16-13(8)18/h1-3,6,8,15H,4-5H2,(H,16,17,18). The van der Waals surface area contributed by atoms with Crippen LogP contribution in [0.25, 0.3) is 10.9 Å². The summed E-state index contributed by atoms with van der Waals surface area (Å²) in [4.78, 5) is 26.2. The largest absolute Gasteiger partial charge is 0.360 e. The van der Waals surface area contributed by atoms with E-state index in [2.05, 4.69) is 26.2 Å². The van der Waals surface area contributed by atoms with Crippen LogP contribution in [0.5, 0.6) is 0 Å². The highest BCUT2D eigenvalue weighted by Crippen LogP contribution is 2.33. The number of carbonyl (C=O) groups is 2. The zero-order valence-corrected chi connectivity index (χ0v) is 11.1. The topological polar surface area (TPSA) is 62.0 Å². The lowest BCUT2D eigenvalue weighted by Crippen LogP contribution is -2.39. The number of H-pyrrole nitrogens is 1. The van der Waals surface area contributed by atoms with Crippen LogP contribution in [0.4, 0.5) is 0 Å². The maximum atomic E-state index is 11.9. The zero-order valence-electron chi connectivity index (χ0n) is 9.50. The summed E-state index contributed by atoms with van der Waals surface area (Å²) < 4.78 is 0.971. The molecule has 0 saturated carbocycles. The average Bonchev–Trinajstić information content (AvgIpc) is 2.74. The van der Waals surface area contributed by atoms with Gasteiger partial charge in [0.2, 0.25) is 11.8 Å². The number of imide groups is 1. The Kier molecular flexibility index (Phi) is 2.70. The minimum atomic E-state index is -0.245. The van der Waals surface area contributed by atoms with Crippen molar-refractivity contribution < 1.29 is 9.59 Å². The number of aromatic amines is 1. The van der Waals surface area contributed by atoms with Crippen LogP contribution in [0.1, 0.15) is 24.3 Å². The van der Waals surface area contributed by atoms with Crippen molar-refractivity contribution in [3.8, 4) is 0 Å². The maximum absolute atomic E-state index is 11.9. The zero-order chi connectivity index (χ0) is 12.7. The summed E-state index contributed by atoms with van der Waals surface area (Å²) in [5.74, 6) is -0.629. The fourth-order valence-corrected chi connectivity index (χ4v) is 2.90. The molecule has 0 bridgehead atoms. The van der Waals surface area contributed by atoms with E-state index in [4.69, 9.17) is 0 Å². The summed E-state index contributed by atoms with van der Waals surface area (Å²) in [6.45, 7) is 0. The van der Waals surface area contributed by atoms with E-state index in [0.717, 1.165) is 20.9 Å². The van der Waals surface area contributed by atoms with Gasteiger partial charge in [-0.2, -0.15) is 0 Å². The third kappa shape index (κ3) is 1.75. The van der Waals surface area contributed by atoms with Gasteiger partial charge in [-0.25, -0.2) is 0 Å². The van der Waals surface area contributed by atoms with Crippen LogP contribution in [0, 0.1) is 0 Å². The summed E-state index contributed by atoms with van der Waals surface area (Å²) in [5, 5.41) is 3.42. The van der Waals surface area contributed by atoms with Crippen molar-refractivity contribution in [2.75, 3.05) is 0 Å². The van der Waals surface area contributed by atoms with Gasteiger partial charge in [0, 0.05) is 22.5 Å². The molecule has 1 saturated heterocycles. The van der Waals surface area contributed by atoms with Crippen molar-refractivity contribution in [2.45, 2.75) is 18.8 Å². The molecule has 4 nitrogen and oxygen atoms in total. The molecule has 2 amide bonds. The van der Waals surface area contributed by atoms with E-state index in [1.807, 2.05) is 24.4 Å². The number of aromatic nitrogens is 1. The van der Waals surface area contributed by atoms with Crippen molar-refractivity contribution >= 4 is 38.6 Å². The van der Waals surface area contributed by atoms with Crippen LogP contribution in [0.15, 0.2) is 28.9 Å². The van der Waals surface area contributed by atoms with Crippen LogP contribution in [0.3, 0.4) is 0 Å². The van der Waals surface area contributed by atoms with Crippen molar-refractivity contribution in [1.29, 1.82) is 0 Å². The lowest BCUT2D eigenvalue weighted by molar-refractivity contribution is -0.134. The first-order valence-electron chi connectivity index (χ1n) is 5.76. The minimum Gasteiger partial charge on any atom is -0.360 e. The first-order valence-corrected chi connectivity index (χ1v) is 6.55. The third-order valence-corrected chi connectivity index (χ3v) is 3.97. The fraction of sp³-hybridized carbons (Fsp3) is 0.231. The molecular formula is C13H11BrN2O2. The molecule has 2 heterocycles. The number of hydrogen-bond donors (Lipinski definition) is 2. The van der Waals surface area contributed by atoms with E-state index in [1.165, 1.54) is 0 Å². The Labute approximate surface area is 112 Å². The number of halogens is 1. The highest BCUT2D eigenvalue weighted by molar-refractivity contribution is 9.10. The van der Waals surface area contributed by atoms with Gasteiger partial charge in [0.25, 0.3) is 0 Å². The molecule has 1 fully saturated rings. The third-order valence-electron chi connectivity index (χ3n) is 3.31. The predicted octanol–water partition coefficient (Wildman–Crippen LogP) is 2.45. The second kappa shape index (κ2) is 4.24. The number of benzene rings is 1. The predicted molar refractivity (Wildman–Crippen MR) is 71.1 cm³/mol. The van der Waals surface area contributed by atoms with Gasteiger partial charge in [-0.1, -0.05) is 12.1 Å². The first-order chi connectivity index (χ1) is 8.66. The van der Waals surface area contributed by atoms with Gasteiger partial charge in [0.1, 0.15) is 0 Å². The fourth-order valence-electron chi connectivity index (χ4n) is 2.42. The Bertz CT molecular complexity index is 647. The summed E-state index contributed by atoms with van der Waals surface area (Å²) in [7, 11) is 0. The highest BCUT2D eigenvalue weighted by Gasteiger charge is 2.29. The molecule has 1 aliphatic rings. The average molecular weight is 307 g/mol. The summed E-state index contributed by atoms with van der Waals surface area (Å²) >= 11 is 3.47. The van der Waals surface area contributed by atoms with Gasteiger partial charge in [-0.15, -0.1) is 0 Å². The molecule has 0 spiro atoms. The van der Waals surface area contributed by atoms with E-state index in [0.29, 0.717) is 12.8 Å². The molecule has 1 aliphatic heterocycles. The minimum absolute atomic E-state index is 0.183. The molecule has 1 atom stereocenters. The first kappa shape index (κ1) is 11.5. The van der Waals surface area contributed by atoms with Gasteiger partial charge in [-0.05, 0) is 34.0 Å². The summed E-state index contributed by atoms with van der Waals surface area (Å²) in [6.07, 6.45) is 2.83. The quantitative estimate of drug-likeness (QED) is 0.795. The monoisotopic (exact) mass is 306 g/mol. The van der Waals surface area contributed by atoms with E-state index >= 15 is 0 Å². The molecule has 1 unspecified atom stereocenters. The molecular weight excluding hydrogens is 296 g/mol. The van der Waals surface area contributed by atoms with Crippen molar-refractivity contribution in [1.82, 2.24) is 10.3 Å². The van der Waals surface area contributed by atoms with Crippen molar-refractivity contribution in [3.05, 3.63) is 34.4 Å². The van der Waals surface area contributed by atoms with Crippen LogP contribution in [-0.4, -0.2) is 16.8 Å². The van der Waals surface area contributed by atoms with E-state index in [9.17, 15) is 9.59 Å². The lowest BCUT2D eigenvalue weighted by atomic mass is 9.90. The van der Waals surface area contributed by atoms with Crippen LogP contribution < -0.4 is 5.32 Å². The summed E-state index contributed by atoms with van der Waals surface area (Å²) in [6, 6.07) is 5.87. The molecule has 0 radical (unpaired) electrons. The van der Waals surface area contributed by atoms with Gasteiger partial charge >= 0.3 is 0 Å². The van der Waals surface area contributed by atoms with Gasteiger partial charge < -0.3 is 4.98 Å². The number of amides is 2. The Balaban J connectivity index is 2.07. The number of fused-ring (bicyclic) bond motifs is 1. The van der Waals surface area contributed by atoms with Gasteiger partial charge in [-0.3, -0.25) is 14.9 Å². The molecule has 2 aromatic rings. The molecule has 92 valence electrons. The van der Waals surface area contributed by atoms with E-state index in [-0.39, 0.29) is 17.7 Å². The Morgan fingerprint density at radius 3 is 2.89 bits per heavy atom. The molecule has 1 aromatic heterocycles. The normalized spacial score (nSPS) is 20.2. The summed E-state index contributed by atoms with van der Waals surface area (Å²) in [5.41, 5.74) is 1.94. The number of nitrogens with one attached hydrogen (secondary N) is 2. The van der Waals surface area contributed by atoms with Gasteiger partial charge in [0.15, 0.2) is 0 Å². The lowest BCUT2D eigenvalue weighted by Gasteiger charge is -2.20. The molecule has 18 heavy (non-hydrogen) atoms. The second-order valence-corrected chi connectivity index (χ2v) is 5.26. The van der Waals surface area contributed by atoms with E-state index < -0.39 is 0 Å². The molecule has 5 heteroatoms. The van der Waals surface area contributed by atoms with Crippen LogP contribution in [-0.2, 0) is 9.59 Å². The van der Waals surface area contributed by atoms with Crippen LogP contribution in [0.2, 0.25) is 0 Å². The SMILES string of the molecule is O=C1CCC(c2c[nH]c3c(Br)cccc23)C(=O)N1. The number of piperidine rings is 1. The Hall–Kier alpha value is -1.62. The molecule has 0 aliphatic carbocycles. The van der Waals surface area contributed by atoms with Gasteiger partial charge in [0.05, 0.1) is 11.4 Å².